The highest BCUT2D eigenvalue weighted by molar-refractivity contribution is 6.30. The molecule has 0 aliphatic heterocycles. The van der Waals surface area contributed by atoms with Gasteiger partial charge in [-0.05, 0) is 36.8 Å². The first-order valence-corrected chi connectivity index (χ1v) is 6.00. The molecule has 0 saturated heterocycles. The van der Waals surface area contributed by atoms with Crippen LogP contribution in [0.15, 0.2) is 42.6 Å². The van der Waals surface area contributed by atoms with E-state index < -0.39 is 0 Å². The lowest BCUT2D eigenvalue weighted by Gasteiger charge is -2.02. The average molecular weight is 297 g/mol. The Morgan fingerprint density at radius 2 is 1.79 bits per heavy atom. The number of halogens is 2. The van der Waals surface area contributed by atoms with Crippen molar-refractivity contribution in [2.24, 2.45) is 0 Å². The molecule has 0 aliphatic carbocycles. The SMILES string of the molecule is Cc1cc[n+](NC(=O)c2ccc(Cl)cc2)c(C)c1.[Cl-]. The second kappa shape index (κ2) is 6.55. The summed E-state index contributed by atoms with van der Waals surface area (Å²) >= 11 is 5.78. The fraction of sp³-hybridized carbons (Fsp3) is 0.143. The maximum absolute atomic E-state index is 12.0. The number of pyridine rings is 1. The summed E-state index contributed by atoms with van der Waals surface area (Å²) in [5.41, 5.74) is 5.51. The number of carbonyl (C=O) groups excluding carboxylic acids is 1. The van der Waals surface area contributed by atoms with Crippen molar-refractivity contribution in [3.05, 3.63) is 64.4 Å². The maximum atomic E-state index is 12.0. The molecule has 5 heteroatoms. The summed E-state index contributed by atoms with van der Waals surface area (Å²) in [5, 5.41) is 0.616. The molecule has 0 saturated carbocycles. The number of amides is 1. The molecule has 0 atom stereocenters. The van der Waals surface area contributed by atoms with E-state index in [1.165, 1.54) is 0 Å². The lowest BCUT2D eigenvalue weighted by atomic mass is 10.2. The number of rotatable bonds is 2. The lowest BCUT2D eigenvalue weighted by molar-refractivity contribution is -0.647. The predicted molar refractivity (Wildman–Crippen MR) is 71.3 cm³/mol. The van der Waals surface area contributed by atoms with Crippen molar-refractivity contribution in [3.8, 4) is 0 Å². The summed E-state index contributed by atoms with van der Waals surface area (Å²) < 4.78 is 1.70. The van der Waals surface area contributed by atoms with Crippen molar-refractivity contribution in [1.82, 2.24) is 0 Å². The standard InChI is InChI=1S/C14H13ClN2O.ClH/c1-10-7-8-17(11(2)9-10)16-14(18)12-3-5-13(15)6-4-12;/h3-9H,1-2H3;1H. The third-order valence-electron chi connectivity index (χ3n) is 2.63. The summed E-state index contributed by atoms with van der Waals surface area (Å²) in [5.74, 6) is -0.163. The normalized spacial score (nSPS) is 9.63. The molecule has 0 unspecified atom stereocenters. The minimum atomic E-state index is -0.163. The third kappa shape index (κ3) is 3.94. The van der Waals surface area contributed by atoms with Gasteiger partial charge in [0.2, 0.25) is 11.9 Å². The number of aromatic nitrogens is 1. The first kappa shape index (κ1) is 15.5. The molecule has 19 heavy (non-hydrogen) atoms. The van der Waals surface area contributed by atoms with Gasteiger partial charge in [-0.15, -0.1) is 5.43 Å². The molecular weight excluding hydrogens is 283 g/mol. The van der Waals surface area contributed by atoms with E-state index in [4.69, 9.17) is 11.6 Å². The zero-order valence-corrected chi connectivity index (χ0v) is 12.2. The Morgan fingerprint density at radius 3 is 2.37 bits per heavy atom. The Labute approximate surface area is 123 Å². The van der Waals surface area contributed by atoms with E-state index in [-0.39, 0.29) is 18.3 Å². The van der Waals surface area contributed by atoms with Gasteiger partial charge in [0.15, 0.2) is 0 Å². The number of aryl methyl sites for hydroxylation is 2. The zero-order valence-electron chi connectivity index (χ0n) is 10.7. The molecule has 3 nitrogen and oxygen atoms in total. The van der Waals surface area contributed by atoms with Crippen molar-refractivity contribution >= 4 is 17.5 Å². The van der Waals surface area contributed by atoms with Crippen LogP contribution in [0.3, 0.4) is 0 Å². The van der Waals surface area contributed by atoms with Crippen molar-refractivity contribution in [2.75, 3.05) is 5.43 Å². The van der Waals surface area contributed by atoms with Crippen LogP contribution in [0, 0.1) is 13.8 Å². The van der Waals surface area contributed by atoms with Crippen molar-refractivity contribution in [2.45, 2.75) is 13.8 Å². The smallest absolute Gasteiger partial charge is 0.305 e. The largest absolute Gasteiger partial charge is 1.00 e. The van der Waals surface area contributed by atoms with E-state index in [1.807, 2.05) is 32.2 Å². The molecule has 0 radical (unpaired) electrons. The van der Waals surface area contributed by atoms with Crippen LogP contribution in [0.4, 0.5) is 0 Å². The van der Waals surface area contributed by atoms with Gasteiger partial charge >= 0.3 is 5.91 Å². The molecular formula is C14H14Cl2N2O. The maximum Gasteiger partial charge on any atom is 0.305 e. The van der Waals surface area contributed by atoms with Crippen LogP contribution >= 0.6 is 11.6 Å². The van der Waals surface area contributed by atoms with E-state index in [9.17, 15) is 4.79 Å². The molecule has 1 aromatic heterocycles. The zero-order chi connectivity index (χ0) is 13.1. The highest BCUT2D eigenvalue weighted by atomic mass is 35.5. The average Bonchev–Trinajstić information content (AvgIpc) is 2.33. The van der Waals surface area contributed by atoms with Gasteiger partial charge in [0, 0.05) is 29.6 Å². The number of hydrogen-bond donors (Lipinski definition) is 1. The summed E-state index contributed by atoms with van der Waals surface area (Å²) in [6, 6.07) is 10.7. The van der Waals surface area contributed by atoms with E-state index >= 15 is 0 Å². The highest BCUT2D eigenvalue weighted by Crippen LogP contribution is 2.09. The number of nitrogens with one attached hydrogen (secondary N) is 1. The van der Waals surface area contributed by atoms with Crippen molar-refractivity contribution in [3.63, 3.8) is 0 Å². The lowest BCUT2D eigenvalue weighted by Crippen LogP contribution is -3.00. The van der Waals surface area contributed by atoms with Crippen LogP contribution in [0.1, 0.15) is 21.6 Å². The number of benzene rings is 1. The summed E-state index contributed by atoms with van der Waals surface area (Å²) in [4.78, 5) is 12.0. The van der Waals surface area contributed by atoms with Gasteiger partial charge < -0.3 is 12.4 Å². The minimum absolute atomic E-state index is 0. The first-order chi connectivity index (χ1) is 8.56. The topological polar surface area (TPSA) is 33.0 Å². The molecule has 0 fully saturated rings. The van der Waals surface area contributed by atoms with Crippen LogP contribution in [-0.2, 0) is 0 Å². The van der Waals surface area contributed by atoms with Crippen molar-refractivity contribution in [1.29, 1.82) is 0 Å². The fourth-order valence-corrected chi connectivity index (χ4v) is 1.78. The first-order valence-electron chi connectivity index (χ1n) is 5.62. The van der Waals surface area contributed by atoms with Crippen LogP contribution in [-0.4, -0.2) is 5.91 Å². The number of carbonyl (C=O) groups is 1. The van der Waals surface area contributed by atoms with Crippen molar-refractivity contribution < 1.29 is 21.9 Å². The molecule has 2 aromatic rings. The van der Waals surface area contributed by atoms with Gasteiger partial charge in [0.25, 0.3) is 0 Å². The Morgan fingerprint density at radius 1 is 1.16 bits per heavy atom. The third-order valence-corrected chi connectivity index (χ3v) is 2.88. The monoisotopic (exact) mass is 296 g/mol. The molecule has 2 rings (SSSR count). The van der Waals surface area contributed by atoms with Gasteiger partial charge in [0.1, 0.15) is 0 Å². The Hall–Kier alpha value is -1.58. The highest BCUT2D eigenvalue weighted by Gasteiger charge is 2.12. The fourth-order valence-electron chi connectivity index (χ4n) is 1.66. The van der Waals surface area contributed by atoms with E-state index in [0.717, 1.165) is 11.3 Å². The molecule has 100 valence electrons. The van der Waals surface area contributed by atoms with E-state index in [2.05, 4.69) is 5.43 Å². The van der Waals surface area contributed by atoms with Crippen LogP contribution in [0.5, 0.6) is 0 Å². The molecule has 0 spiro atoms. The number of nitrogens with zero attached hydrogens (tertiary/aromatic N) is 1. The summed E-state index contributed by atoms with van der Waals surface area (Å²) in [6.07, 6.45) is 1.83. The molecule has 1 aromatic carbocycles. The van der Waals surface area contributed by atoms with E-state index in [1.54, 1.807) is 28.9 Å². The molecule has 1 heterocycles. The quantitative estimate of drug-likeness (QED) is 0.754. The van der Waals surface area contributed by atoms with Gasteiger partial charge in [-0.25, -0.2) is 0 Å². The van der Waals surface area contributed by atoms with Crippen LogP contribution < -0.4 is 22.5 Å². The van der Waals surface area contributed by atoms with Gasteiger partial charge in [0.05, 0.1) is 0 Å². The van der Waals surface area contributed by atoms with Gasteiger partial charge in [-0.2, -0.15) is 0 Å². The van der Waals surface area contributed by atoms with Gasteiger partial charge in [-0.3, -0.25) is 4.79 Å². The second-order valence-corrected chi connectivity index (χ2v) is 4.60. The Bertz CT molecular complexity index is 582. The van der Waals surface area contributed by atoms with E-state index in [0.29, 0.717) is 10.6 Å². The molecule has 0 aliphatic rings. The van der Waals surface area contributed by atoms with Gasteiger partial charge in [-0.1, -0.05) is 16.3 Å². The minimum Gasteiger partial charge on any atom is -1.00 e. The predicted octanol–water partition coefficient (Wildman–Crippen LogP) is -0.368. The second-order valence-electron chi connectivity index (χ2n) is 4.16. The van der Waals surface area contributed by atoms with Crippen LogP contribution in [0.2, 0.25) is 5.02 Å². The van der Waals surface area contributed by atoms with Crippen LogP contribution in [0.25, 0.3) is 0 Å². The number of hydrogen-bond acceptors (Lipinski definition) is 1. The Balaban J connectivity index is 0.00000180. The molecule has 1 N–H and O–H groups in total. The molecule has 0 bridgehead atoms. The molecule has 1 amide bonds. The Kier molecular flexibility index (Phi) is 5.33. The summed E-state index contributed by atoms with van der Waals surface area (Å²) in [6.45, 7) is 3.95. The summed E-state index contributed by atoms with van der Waals surface area (Å²) in [7, 11) is 0.